The fourth-order valence-electron chi connectivity index (χ4n) is 2.87. The molecule has 1 aliphatic heterocycles. The summed E-state index contributed by atoms with van der Waals surface area (Å²) in [7, 11) is 0. The quantitative estimate of drug-likeness (QED) is 0.748. The molecule has 1 aliphatic rings. The molecular formula is C16H25BrN2O. The molecule has 0 radical (unpaired) electrons. The molecule has 112 valence electrons. The van der Waals surface area contributed by atoms with E-state index in [0.717, 1.165) is 43.5 Å². The van der Waals surface area contributed by atoms with Crippen molar-refractivity contribution in [3.8, 4) is 0 Å². The van der Waals surface area contributed by atoms with Crippen LogP contribution in [0.4, 0.5) is 5.69 Å². The number of nitrogens with zero attached hydrogens (tertiary/aromatic N) is 1. The van der Waals surface area contributed by atoms with Crippen LogP contribution in [0.25, 0.3) is 0 Å². The van der Waals surface area contributed by atoms with E-state index >= 15 is 0 Å². The standard InChI is InChI=1S/C16H25BrN2O/c1-2-7-18-11-14-10-15(17)3-4-16(14)19-8-5-13(12-19)6-9-20/h3-4,10,13,18,20H,2,5-9,11-12H2,1H3. The average Bonchev–Trinajstić information content (AvgIpc) is 2.88. The molecular weight excluding hydrogens is 316 g/mol. The van der Waals surface area contributed by atoms with Crippen molar-refractivity contribution >= 4 is 21.6 Å². The summed E-state index contributed by atoms with van der Waals surface area (Å²) in [5.74, 6) is 0.639. The highest BCUT2D eigenvalue weighted by molar-refractivity contribution is 9.10. The van der Waals surface area contributed by atoms with Crippen molar-refractivity contribution in [3.63, 3.8) is 0 Å². The summed E-state index contributed by atoms with van der Waals surface area (Å²) < 4.78 is 1.14. The number of nitrogens with one attached hydrogen (secondary N) is 1. The molecule has 2 N–H and O–H groups in total. The van der Waals surface area contributed by atoms with Gasteiger partial charge in [-0.05, 0) is 55.5 Å². The van der Waals surface area contributed by atoms with Crippen LogP contribution in [0.3, 0.4) is 0 Å². The lowest BCUT2D eigenvalue weighted by Gasteiger charge is -2.23. The molecule has 1 fully saturated rings. The van der Waals surface area contributed by atoms with Crippen molar-refractivity contribution in [1.29, 1.82) is 0 Å². The number of aliphatic hydroxyl groups is 1. The van der Waals surface area contributed by atoms with Crippen LogP contribution in [0.1, 0.15) is 31.7 Å². The van der Waals surface area contributed by atoms with Crippen molar-refractivity contribution in [3.05, 3.63) is 28.2 Å². The fraction of sp³-hybridized carbons (Fsp3) is 0.625. The van der Waals surface area contributed by atoms with Gasteiger partial charge in [0.15, 0.2) is 0 Å². The summed E-state index contributed by atoms with van der Waals surface area (Å²) in [5.41, 5.74) is 2.70. The number of hydrogen-bond acceptors (Lipinski definition) is 3. The van der Waals surface area contributed by atoms with Crippen LogP contribution in [0.2, 0.25) is 0 Å². The Hall–Kier alpha value is -0.580. The first-order chi connectivity index (χ1) is 9.74. The van der Waals surface area contributed by atoms with Crippen LogP contribution >= 0.6 is 15.9 Å². The third-order valence-corrected chi connectivity index (χ3v) is 4.44. The van der Waals surface area contributed by atoms with Gasteiger partial charge >= 0.3 is 0 Å². The summed E-state index contributed by atoms with van der Waals surface area (Å²) in [6, 6.07) is 6.56. The topological polar surface area (TPSA) is 35.5 Å². The molecule has 1 unspecified atom stereocenters. The van der Waals surface area contributed by atoms with Crippen molar-refractivity contribution in [1.82, 2.24) is 5.32 Å². The van der Waals surface area contributed by atoms with Crippen molar-refractivity contribution in [2.24, 2.45) is 5.92 Å². The molecule has 0 spiro atoms. The van der Waals surface area contributed by atoms with E-state index in [1.165, 1.54) is 17.7 Å². The predicted molar refractivity (Wildman–Crippen MR) is 88.2 cm³/mol. The van der Waals surface area contributed by atoms with Gasteiger partial charge in [-0.2, -0.15) is 0 Å². The van der Waals surface area contributed by atoms with Crippen molar-refractivity contribution in [2.75, 3.05) is 31.1 Å². The normalized spacial score (nSPS) is 18.8. The van der Waals surface area contributed by atoms with Gasteiger partial charge < -0.3 is 15.3 Å². The monoisotopic (exact) mass is 340 g/mol. The Kier molecular flexibility index (Phi) is 6.33. The van der Waals surface area contributed by atoms with Crippen molar-refractivity contribution in [2.45, 2.75) is 32.7 Å². The lowest BCUT2D eigenvalue weighted by molar-refractivity contribution is 0.263. The van der Waals surface area contributed by atoms with Gasteiger partial charge in [0.25, 0.3) is 0 Å². The number of hydrogen-bond donors (Lipinski definition) is 2. The van der Waals surface area contributed by atoms with Gasteiger partial charge in [0.05, 0.1) is 0 Å². The molecule has 1 heterocycles. The average molecular weight is 341 g/mol. The summed E-state index contributed by atoms with van der Waals surface area (Å²) >= 11 is 3.57. The van der Waals surface area contributed by atoms with Crippen molar-refractivity contribution < 1.29 is 5.11 Å². The second kappa shape index (κ2) is 8.01. The first-order valence-electron chi connectivity index (χ1n) is 7.59. The Labute approximate surface area is 130 Å². The van der Waals surface area contributed by atoms with Crippen LogP contribution < -0.4 is 10.2 Å². The molecule has 0 aromatic heterocycles. The molecule has 1 aromatic carbocycles. The molecule has 0 amide bonds. The zero-order valence-corrected chi connectivity index (χ0v) is 13.8. The molecule has 4 heteroatoms. The third-order valence-electron chi connectivity index (χ3n) is 3.95. The van der Waals surface area contributed by atoms with E-state index in [2.05, 4.69) is 51.3 Å². The van der Waals surface area contributed by atoms with Gasteiger partial charge in [-0.3, -0.25) is 0 Å². The second-order valence-corrected chi connectivity index (χ2v) is 6.48. The maximum atomic E-state index is 9.08. The predicted octanol–water partition coefficient (Wildman–Crippen LogP) is 3.16. The molecule has 0 bridgehead atoms. The minimum absolute atomic E-state index is 0.309. The van der Waals surface area contributed by atoms with Crippen LogP contribution in [0.5, 0.6) is 0 Å². The van der Waals surface area contributed by atoms with E-state index in [-0.39, 0.29) is 0 Å². The highest BCUT2D eigenvalue weighted by atomic mass is 79.9. The van der Waals surface area contributed by atoms with Crippen LogP contribution in [-0.2, 0) is 6.54 Å². The molecule has 1 atom stereocenters. The van der Waals surface area contributed by atoms with E-state index in [9.17, 15) is 0 Å². The number of anilines is 1. The van der Waals surface area contributed by atoms with E-state index in [0.29, 0.717) is 12.5 Å². The summed E-state index contributed by atoms with van der Waals surface area (Å²) in [6.45, 7) is 6.65. The van der Waals surface area contributed by atoms with Gasteiger partial charge in [0.1, 0.15) is 0 Å². The first kappa shape index (κ1) is 15.8. The highest BCUT2D eigenvalue weighted by Gasteiger charge is 2.23. The van der Waals surface area contributed by atoms with E-state index in [1.54, 1.807) is 0 Å². The van der Waals surface area contributed by atoms with Gasteiger partial charge in [-0.15, -0.1) is 0 Å². The lowest BCUT2D eigenvalue weighted by atomic mass is 10.1. The van der Waals surface area contributed by atoms with Gasteiger partial charge in [0.2, 0.25) is 0 Å². The lowest BCUT2D eigenvalue weighted by Crippen LogP contribution is -2.23. The smallest absolute Gasteiger partial charge is 0.0434 e. The highest BCUT2D eigenvalue weighted by Crippen LogP contribution is 2.30. The van der Waals surface area contributed by atoms with Gasteiger partial charge in [0, 0.05) is 36.4 Å². The zero-order valence-electron chi connectivity index (χ0n) is 12.2. The molecule has 0 aliphatic carbocycles. The maximum Gasteiger partial charge on any atom is 0.0434 e. The summed E-state index contributed by atoms with van der Waals surface area (Å²) in [4.78, 5) is 2.47. The third kappa shape index (κ3) is 4.21. The van der Waals surface area contributed by atoms with E-state index in [1.807, 2.05) is 0 Å². The SMILES string of the molecule is CCCNCc1cc(Br)ccc1N1CCC(CCO)C1. The van der Waals surface area contributed by atoms with Crippen LogP contribution in [-0.4, -0.2) is 31.3 Å². The van der Waals surface area contributed by atoms with Gasteiger partial charge in [-0.1, -0.05) is 22.9 Å². The maximum absolute atomic E-state index is 9.08. The number of rotatable bonds is 7. The van der Waals surface area contributed by atoms with Crippen LogP contribution in [0.15, 0.2) is 22.7 Å². The Morgan fingerprint density at radius 1 is 1.45 bits per heavy atom. The summed E-state index contributed by atoms with van der Waals surface area (Å²) in [6.07, 6.45) is 3.28. The minimum atomic E-state index is 0.309. The number of aliphatic hydroxyl groups excluding tert-OH is 1. The Bertz CT molecular complexity index is 425. The Balaban J connectivity index is 2.06. The molecule has 2 rings (SSSR count). The van der Waals surface area contributed by atoms with Gasteiger partial charge in [-0.25, -0.2) is 0 Å². The molecule has 1 aromatic rings. The Morgan fingerprint density at radius 2 is 2.30 bits per heavy atom. The Morgan fingerprint density at radius 3 is 3.05 bits per heavy atom. The van der Waals surface area contributed by atoms with E-state index in [4.69, 9.17) is 5.11 Å². The minimum Gasteiger partial charge on any atom is -0.396 e. The molecule has 1 saturated heterocycles. The first-order valence-corrected chi connectivity index (χ1v) is 8.38. The molecule has 3 nitrogen and oxygen atoms in total. The second-order valence-electron chi connectivity index (χ2n) is 5.56. The fourth-order valence-corrected chi connectivity index (χ4v) is 3.28. The summed E-state index contributed by atoms with van der Waals surface area (Å²) in [5, 5.41) is 12.6. The largest absolute Gasteiger partial charge is 0.396 e. The zero-order chi connectivity index (χ0) is 14.4. The molecule has 20 heavy (non-hydrogen) atoms. The number of benzene rings is 1. The van der Waals surface area contributed by atoms with E-state index < -0.39 is 0 Å². The number of halogens is 1. The molecule has 0 saturated carbocycles. The van der Waals surface area contributed by atoms with Crippen LogP contribution in [0, 0.1) is 5.92 Å².